The minimum absolute atomic E-state index is 0.509. The molecule has 0 fully saturated rings. The molecule has 0 atom stereocenters. The molecule has 0 aliphatic carbocycles. The van der Waals surface area contributed by atoms with Gasteiger partial charge in [-0.2, -0.15) is 0 Å². The Morgan fingerprint density at radius 2 is 1.43 bits per heavy atom. The number of ether oxygens (including phenoxy) is 3. The predicted molar refractivity (Wildman–Crippen MR) is 92.8 cm³/mol. The fraction of sp³-hybridized carbons (Fsp3) is 0.368. The standard InChI is InChI=1S/C19H25NO3/c1-5-22-19(23-6-2,17-14-10-11-15-18(17)21-4)20(3)16-12-8-7-9-13-16/h7-15H,5-6H2,1-4H3. The van der Waals surface area contributed by atoms with Crippen LogP contribution in [0.4, 0.5) is 5.69 Å². The number of para-hydroxylation sites is 2. The first-order valence-corrected chi connectivity index (χ1v) is 7.89. The molecule has 0 bridgehead atoms. The summed E-state index contributed by atoms with van der Waals surface area (Å²) in [6.45, 7) is 4.94. The first-order chi connectivity index (χ1) is 11.2. The normalized spacial score (nSPS) is 11.3. The minimum Gasteiger partial charge on any atom is -0.496 e. The van der Waals surface area contributed by atoms with Gasteiger partial charge < -0.3 is 19.1 Å². The largest absolute Gasteiger partial charge is 0.496 e. The van der Waals surface area contributed by atoms with Crippen LogP contribution in [-0.4, -0.2) is 27.4 Å². The van der Waals surface area contributed by atoms with Gasteiger partial charge in [0.2, 0.25) is 0 Å². The van der Waals surface area contributed by atoms with Gasteiger partial charge in [-0.1, -0.05) is 30.3 Å². The zero-order chi connectivity index (χ0) is 16.7. The summed E-state index contributed by atoms with van der Waals surface area (Å²) in [5.74, 6) is -0.311. The molecular formula is C19H25NO3. The highest BCUT2D eigenvalue weighted by molar-refractivity contribution is 5.50. The summed E-state index contributed by atoms with van der Waals surface area (Å²) < 4.78 is 17.8. The summed E-state index contributed by atoms with van der Waals surface area (Å²) in [5.41, 5.74) is 1.85. The van der Waals surface area contributed by atoms with Crippen LogP contribution in [0.15, 0.2) is 54.6 Å². The van der Waals surface area contributed by atoms with Crippen LogP contribution in [0.25, 0.3) is 0 Å². The van der Waals surface area contributed by atoms with E-state index in [0.717, 1.165) is 17.0 Å². The second-order valence-electron chi connectivity index (χ2n) is 5.04. The maximum atomic E-state index is 6.14. The Bertz CT molecular complexity index is 595. The molecule has 2 aromatic rings. The molecule has 0 saturated carbocycles. The quantitative estimate of drug-likeness (QED) is 0.689. The maximum absolute atomic E-state index is 6.14. The van der Waals surface area contributed by atoms with Crippen LogP contribution in [0, 0.1) is 0 Å². The summed E-state index contributed by atoms with van der Waals surface area (Å²) in [6.07, 6.45) is 0. The van der Waals surface area contributed by atoms with E-state index in [1.54, 1.807) is 7.11 Å². The van der Waals surface area contributed by atoms with Crippen molar-refractivity contribution < 1.29 is 14.2 Å². The highest BCUT2D eigenvalue weighted by Gasteiger charge is 2.41. The molecular weight excluding hydrogens is 290 g/mol. The van der Waals surface area contributed by atoms with Gasteiger partial charge in [-0.05, 0) is 38.1 Å². The molecule has 0 radical (unpaired) electrons. The molecule has 0 saturated heterocycles. The van der Waals surface area contributed by atoms with Gasteiger partial charge in [0, 0.05) is 25.9 Å². The van der Waals surface area contributed by atoms with Crippen LogP contribution in [0.1, 0.15) is 19.4 Å². The average molecular weight is 315 g/mol. The molecule has 2 aromatic carbocycles. The van der Waals surface area contributed by atoms with Crippen molar-refractivity contribution in [3.63, 3.8) is 0 Å². The van der Waals surface area contributed by atoms with Crippen molar-refractivity contribution in [3.8, 4) is 5.75 Å². The van der Waals surface area contributed by atoms with Crippen LogP contribution in [-0.2, 0) is 15.4 Å². The summed E-state index contributed by atoms with van der Waals surface area (Å²) in [4.78, 5) is 2.00. The molecule has 4 nitrogen and oxygen atoms in total. The highest BCUT2D eigenvalue weighted by atomic mass is 16.7. The van der Waals surface area contributed by atoms with Gasteiger partial charge in [-0.25, -0.2) is 0 Å². The van der Waals surface area contributed by atoms with Crippen molar-refractivity contribution >= 4 is 5.69 Å². The Morgan fingerprint density at radius 1 is 0.870 bits per heavy atom. The molecule has 124 valence electrons. The van der Waals surface area contributed by atoms with E-state index in [1.807, 2.05) is 80.4 Å². The molecule has 0 aliphatic heterocycles. The molecule has 0 aliphatic rings. The lowest BCUT2D eigenvalue weighted by atomic mass is 10.1. The third-order valence-electron chi connectivity index (χ3n) is 3.71. The Kier molecular flexibility index (Phi) is 6.02. The molecule has 0 unspecified atom stereocenters. The number of rotatable bonds is 8. The summed E-state index contributed by atoms with van der Waals surface area (Å²) >= 11 is 0. The first-order valence-electron chi connectivity index (χ1n) is 7.89. The maximum Gasteiger partial charge on any atom is 0.283 e. The fourth-order valence-electron chi connectivity index (χ4n) is 2.69. The first kappa shape index (κ1) is 17.3. The summed E-state index contributed by atoms with van der Waals surface area (Å²) in [6, 6.07) is 17.8. The van der Waals surface area contributed by atoms with Gasteiger partial charge in [-0.3, -0.25) is 0 Å². The topological polar surface area (TPSA) is 30.9 Å². The number of hydrogen-bond donors (Lipinski definition) is 0. The van der Waals surface area contributed by atoms with Crippen molar-refractivity contribution in [1.82, 2.24) is 0 Å². The number of anilines is 1. The van der Waals surface area contributed by atoms with E-state index < -0.39 is 5.91 Å². The molecule has 0 heterocycles. The Hall–Kier alpha value is -2.04. The smallest absolute Gasteiger partial charge is 0.283 e. The van der Waals surface area contributed by atoms with Gasteiger partial charge in [0.05, 0.1) is 12.7 Å². The molecule has 2 rings (SSSR count). The van der Waals surface area contributed by atoms with Crippen LogP contribution < -0.4 is 9.64 Å². The second-order valence-corrected chi connectivity index (χ2v) is 5.04. The number of benzene rings is 2. The number of methoxy groups -OCH3 is 1. The molecule has 0 N–H and O–H groups in total. The zero-order valence-electron chi connectivity index (χ0n) is 14.3. The van der Waals surface area contributed by atoms with Crippen LogP contribution >= 0.6 is 0 Å². The van der Waals surface area contributed by atoms with Gasteiger partial charge in [0.25, 0.3) is 5.91 Å². The van der Waals surface area contributed by atoms with Gasteiger partial charge in [0.15, 0.2) is 0 Å². The minimum atomic E-state index is -1.04. The molecule has 0 amide bonds. The average Bonchev–Trinajstić information content (AvgIpc) is 2.61. The SMILES string of the molecule is CCOC(OCC)(c1ccccc1OC)N(C)c1ccccc1. The molecule has 4 heteroatoms. The van der Waals surface area contributed by atoms with Crippen LogP contribution in [0.5, 0.6) is 5.75 Å². The van der Waals surface area contributed by atoms with Gasteiger partial charge in [-0.15, -0.1) is 0 Å². The van der Waals surface area contributed by atoms with E-state index in [0.29, 0.717) is 13.2 Å². The van der Waals surface area contributed by atoms with E-state index in [2.05, 4.69) is 0 Å². The lowest BCUT2D eigenvalue weighted by Crippen LogP contribution is -2.49. The lowest BCUT2D eigenvalue weighted by Gasteiger charge is -2.42. The zero-order valence-corrected chi connectivity index (χ0v) is 14.3. The van der Waals surface area contributed by atoms with Crippen molar-refractivity contribution in [1.29, 1.82) is 0 Å². The predicted octanol–water partition coefficient (Wildman–Crippen LogP) is 4.01. The van der Waals surface area contributed by atoms with E-state index in [4.69, 9.17) is 14.2 Å². The van der Waals surface area contributed by atoms with E-state index >= 15 is 0 Å². The van der Waals surface area contributed by atoms with Crippen LogP contribution in [0.2, 0.25) is 0 Å². The van der Waals surface area contributed by atoms with Gasteiger partial charge >= 0.3 is 0 Å². The Labute approximate surface area is 138 Å². The fourth-order valence-corrected chi connectivity index (χ4v) is 2.69. The monoisotopic (exact) mass is 315 g/mol. The molecule has 0 aromatic heterocycles. The van der Waals surface area contributed by atoms with E-state index in [-0.39, 0.29) is 0 Å². The van der Waals surface area contributed by atoms with Crippen molar-refractivity contribution in [2.45, 2.75) is 19.8 Å². The summed E-state index contributed by atoms with van der Waals surface area (Å²) in [5, 5.41) is 0. The van der Waals surface area contributed by atoms with Crippen molar-refractivity contribution in [2.24, 2.45) is 0 Å². The summed E-state index contributed by atoms with van der Waals surface area (Å²) in [7, 11) is 3.62. The van der Waals surface area contributed by atoms with E-state index in [1.165, 1.54) is 0 Å². The highest BCUT2D eigenvalue weighted by Crippen LogP contribution is 2.39. The molecule has 23 heavy (non-hydrogen) atoms. The Morgan fingerprint density at radius 3 is 2.00 bits per heavy atom. The lowest BCUT2D eigenvalue weighted by molar-refractivity contribution is -0.240. The molecule has 0 spiro atoms. The van der Waals surface area contributed by atoms with E-state index in [9.17, 15) is 0 Å². The van der Waals surface area contributed by atoms with Crippen molar-refractivity contribution in [2.75, 3.05) is 32.3 Å². The second kappa shape index (κ2) is 7.99. The number of hydrogen-bond acceptors (Lipinski definition) is 4. The third kappa shape index (κ3) is 3.49. The van der Waals surface area contributed by atoms with Gasteiger partial charge in [0.1, 0.15) is 5.75 Å². The van der Waals surface area contributed by atoms with Crippen LogP contribution in [0.3, 0.4) is 0 Å². The van der Waals surface area contributed by atoms with Crippen molar-refractivity contribution in [3.05, 3.63) is 60.2 Å². The Balaban J connectivity index is 2.59. The number of nitrogens with zero attached hydrogens (tertiary/aromatic N) is 1. The third-order valence-corrected chi connectivity index (χ3v) is 3.71.